The predicted octanol–water partition coefficient (Wildman–Crippen LogP) is 7.12. The first-order chi connectivity index (χ1) is 17.3. The van der Waals surface area contributed by atoms with E-state index in [-0.39, 0.29) is 24.7 Å². The highest BCUT2D eigenvalue weighted by molar-refractivity contribution is 5.96. The number of carbonyl (C=O) groups excluding carboxylic acids is 2. The number of hydrogen-bond acceptors (Lipinski definition) is 2. The smallest absolute Gasteiger partial charge is 0.326 e. The van der Waals surface area contributed by atoms with Crippen molar-refractivity contribution in [3.8, 4) is 0 Å². The van der Waals surface area contributed by atoms with Gasteiger partial charge in [0, 0.05) is 35.7 Å². The third kappa shape index (κ3) is 5.41. The van der Waals surface area contributed by atoms with Gasteiger partial charge in [0.05, 0.1) is 5.56 Å². The van der Waals surface area contributed by atoms with E-state index >= 15 is 0 Å². The standard InChI is InChI=1S/C30H31F3N2O2/c1-20(36)35-26-15-14-24(34-27(37)16-13-21-9-8-12-23(17-21)30(31,32)33)18-25(26)29(4,19-28(35,2)3)22-10-6-5-7-11-22/h5-12,14-15,17-18H,13,16,19H2,1-4H3,(H,34,37)/t29-/m1/s1. The van der Waals surface area contributed by atoms with Crippen LogP contribution in [0.2, 0.25) is 0 Å². The molecule has 1 aliphatic heterocycles. The Morgan fingerprint density at radius 1 is 0.946 bits per heavy atom. The van der Waals surface area contributed by atoms with E-state index < -0.39 is 22.7 Å². The molecular formula is C30H31F3N2O2. The molecule has 2 amide bonds. The molecule has 4 nitrogen and oxygen atoms in total. The molecule has 0 spiro atoms. The molecule has 0 saturated carbocycles. The van der Waals surface area contributed by atoms with Crippen LogP contribution in [0.15, 0.2) is 72.8 Å². The van der Waals surface area contributed by atoms with Crippen LogP contribution in [0.25, 0.3) is 0 Å². The third-order valence-electron chi connectivity index (χ3n) is 7.13. The number of carbonyl (C=O) groups is 2. The van der Waals surface area contributed by atoms with Gasteiger partial charge in [-0.05, 0) is 67.6 Å². The normalized spacial score (nSPS) is 18.7. The third-order valence-corrected chi connectivity index (χ3v) is 7.13. The number of nitrogens with one attached hydrogen (secondary N) is 1. The Morgan fingerprint density at radius 3 is 2.30 bits per heavy atom. The molecule has 0 bridgehead atoms. The number of amides is 2. The number of fused-ring (bicyclic) bond motifs is 1. The minimum Gasteiger partial charge on any atom is -0.326 e. The first-order valence-electron chi connectivity index (χ1n) is 12.3. The highest BCUT2D eigenvalue weighted by Crippen LogP contribution is 2.51. The molecule has 1 aliphatic rings. The molecule has 1 heterocycles. The summed E-state index contributed by atoms with van der Waals surface area (Å²) in [6.45, 7) is 7.82. The average Bonchev–Trinajstić information content (AvgIpc) is 2.82. The monoisotopic (exact) mass is 508 g/mol. The summed E-state index contributed by atoms with van der Waals surface area (Å²) in [7, 11) is 0. The van der Waals surface area contributed by atoms with Gasteiger partial charge in [-0.2, -0.15) is 13.2 Å². The summed E-state index contributed by atoms with van der Waals surface area (Å²) in [4.78, 5) is 27.2. The van der Waals surface area contributed by atoms with Crippen LogP contribution in [-0.4, -0.2) is 17.4 Å². The minimum absolute atomic E-state index is 0.0426. The van der Waals surface area contributed by atoms with Gasteiger partial charge in [0.1, 0.15) is 0 Å². The zero-order valence-corrected chi connectivity index (χ0v) is 21.4. The number of alkyl halides is 3. The molecule has 0 unspecified atom stereocenters. The van der Waals surface area contributed by atoms with Crippen molar-refractivity contribution in [2.75, 3.05) is 10.2 Å². The second-order valence-electron chi connectivity index (χ2n) is 10.5. The van der Waals surface area contributed by atoms with E-state index in [1.807, 2.05) is 35.2 Å². The van der Waals surface area contributed by atoms with Crippen molar-refractivity contribution < 1.29 is 22.8 Å². The van der Waals surface area contributed by atoms with E-state index in [0.29, 0.717) is 17.7 Å². The number of nitrogens with zero attached hydrogens (tertiary/aromatic N) is 1. The molecule has 0 fully saturated rings. The molecule has 0 radical (unpaired) electrons. The van der Waals surface area contributed by atoms with Crippen LogP contribution in [0, 0.1) is 0 Å². The van der Waals surface area contributed by atoms with Crippen molar-refractivity contribution in [3.05, 3.63) is 95.1 Å². The van der Waals surface area contributed by atoms with Crippen LogP contribution in [-0.2, 0) is 27.6 Å². The fourth-order valence-electron chi connectivity index (χ4n) is 5.66. The number of rotatable bonds is 5. The van der Waals surface area contributed by atoms with Gasteiger partial charge >= 0.3 is 6.18 Å². The zero-order chi connectivity index (χ0) is 27.0. The van der Waals surface area contributed by atoms with Gasteiger partial charge < -0.3 is 10.2 Å². The molecule has 1 atom stereocenters. The molecule has 3 aromatic rings. The summed E-state index contributed by atoms with van der Waals surface area (Å²) >= 11 is 0. The lowest BCUT2D eigenvalue weighted by Gasteiger charge is -2.51. The van der Waals surface area contributed by atoms with Crippen LogP contribution in [0.5, 0.6) is 0 Å². The zero-order valence-electron chi connectivity index (χ0n) is 21.4. The highest BCUT2D eigenvalue weighted by Gasteiger charge is 2.47. The van der Waals surface area contributed by atoms with Crippen molar-refractivity contribution in [1.29, 1.82) is 0 Å². The average molecular weight is 509 g/mol. The van der Waals surface area contributed by atoms with Gasteiger partial charge in [-0.1, -0.05) is 55.5 Å². The van der Waals surface area contributed by atoms with Crippen LogP contribution in [0.4, 0.5) is 24.5 Å². The summed E-state index contributed by atoms with van der Waals surface area (Å²) in [5, 5.41) is 2.90. The maximum Gasteiger partial charge on any atom is 0.416 e. The van der Waals surface area contributed by atoms with Crippen LogP contribution in [0.3, 0.4) is 0 Å². The molecule has 37 heavy (non-hydrogen) atoms. The predicted molar refractivity (Wildman–Crippen MR) is 140 cm³/mol. The van der Waals surface area contributed by atoms with Gasteiger partial charge in [0.15, 0.2) is 0 Å². The number of halogens is 3. The Morgan fingerprint density at radius 2 is 1.65 bits per heavy atom. The Bertz CT molecular complexity index is 1320. The Balaban J connectivity index is 1.61. The van der Waals surface area contributed by atoms with Crippen molar-refractivity contribution in [3.63, 3.8) is 0 Å². The lowest BCUT2D eigenvalue weighted by molar-refractivity contribution is -0.137. The second-order valence-corrected chi connectivity index (χ2v) is 10.5. The van der Waals surface area contributed by atoms with E-state index in [1.165, 1.54) is 6.07 Å². The summed E-state index contributed by atoms with van der Waals surface area (Å²) in [6.07, 6.45) is -3.51. The quantitative estimate of drug-likeness (QED) is 0.399. The van der Waals surface area contributed by atoms with Gasteiger partial charge in [-0.25, -0.2) is 0 Å². The van der Waals surface area contributed by atoms with Crippen molar-refractivity contribution in [2.45, 2.75) is 64.1 Å². The largest absolute Gasteiger partial charge is 0.416 e. The first-order valence-corrected chi connectivity index (χ1v) is 12.3. The molecule has 3 aromatic carbocycles. The van der Waals surface area contributed by atoms with Crippen molar-refractivity contribution >= 4 is 23.2 Å². The van der Waals surface area contributed by atoms with Crippen molar-refractivity contribution in [2.24, 2.45) is 0 Å². The molecule has 0 saturated heterocycles. The molecule has 0 aliphatic carbocycles. The van der Waals surface area contributed by atoms with Gasteiger partial charge in [-0.15, -0.1) is 0 Å². The number of hydrogen-bond donors (Lipinski definition) is 1. The first kappa shape index (κ1) is 26.5. The topological polar surface area (TPSA) is 49.4 Å². The highest BCUT2D eigenvalue weighted by atomic mass is 19.4. The Kier molecular flexibility index (Phi) is 6.93. The summed E-state index contributed by atoms with van der Waals surface area (Å²) in [5.74, 6) is -0.349. The lowest BCUT2D eigenvalue weighted by Crippen LogP contribution is -2.55. The van der Waals surface area contributed by atoms with Crippen LogP contribution in [0.1, 0.15) is 62.8 Å². The maximum absolute atomic E-state index is 13.0. The van der Waals surface area contributed by atoms with Gasteiger partial charge in [0.2, 0.25) is 11.8 Å². The minimum atomic E-state index is -4.42. The van der Waals surface area contributed by atoms with Crippen molar-refractivity contribution in [1.82, 2.24) is 0 Å². The molecular weight excluding hydrogens is 477 g/mol. The Labute approximate surface area is 215 Å². The Hall–Kier alpha value is -3.61. The number of aryl methyl sites for hydroxylation is 1. The SMILES string of the molecule is CC(=O)N1c2ccc(NC(=O)CCc3cccc(C(F)(F)F)c3)cc2[C@@](C)(c2ccccc2)CC1(C)C. The summed E-state index contributed by atoms with van der Waals surface area (Å²) in [6, 6.07) is 20.7. The second kappa shape index (κ2) is 9.69. The molecule has 4 rings (SSSR count). The summed E-state index contributed by atoms with van der Waals surface area (Å²) < 4.78 is 39.0. The summed E-state index contributed by atoms with van der Waals surface area (Å²) in [5.41, 5.74) is 2.31. The van der Waals surface area contributed by atoms with E-state index in [1.54, 1.807) is 19.1 Å². The van der Waals surface area contributed by atoms with E-state index in [4.69, 9.17) is 0 Å². The fraction of sp³-hybridized carbons (Fsp3) is 0.333. The lowest BCUT2D eigenvalue weighted by atomic mass is 9.65. The van der Waals surface area contributed by atoms with Gasteiger partial charge in [0.25, 0.3) is 0 Å². The van der Waals surface area contributed by atoms with E-state index in [0.717, 1.165) is 28.9 Å². The molecule has 7 heteroatoms. The maximum atomic E-state index is 13.0. The molecule has 194 valence electrons. The van der Waals surface area contributed by atoms with E-state index in [2.05, 4.69) is 38.2 Å². The van der Waals surface area contributed by atoms with Crippen LogP contribution >= 0.6 is 0 Å². The van der Waals surface area contributed by atoms with Gasteiger partial charge in [-0.3, -0.25) is 9.59 Å². The number of anilines is 2. The number of benzene rings is 3. The fourth-order valence-corrected chi connectivity index (χ4v) is 5.66. The molecule has 1 N–H and O–H groups in total. The molecule has 0 aromatic heterocycles. The van der Waals surface area contributed by atoms with Crippen LogP contribution < -0.4 is 10.2 Å². The van der Waals surface area contributed by atoms with E-state index in [9.17, 15) is 22.8 Å².